The first-order chi connectivity index (χ1) is 15.0. The molecule has 0 aliphatic rings. The van der Waals surface area contributed by atoms with Gasteiger partial charge in [0, 0.05) is 23.7 Å². The molecule has 0 N–H and O–H groups in total. The molecule has 0 bridgehead atoms. The van der Waals surface area contributed by atoms with Crippen LogP contribution in [0.5, 0.6) is 11.5 Å². The van der Waals surface area contributed by atoms with Gasteiger partial charge in [0.25, 0.3) is 5.91 Å². The van der Waals surface area contributed by atoms with Gasteiger partial charge in [-0.15, -0.1) is 0 Å². The van der Waals surface area contributed by atoms with E-state index in [9.17, 15) is 4.79 Å². The molecule has 0 aromatic heterocycles. The van der Waals surface area contributed by atoms with Gasteiger partial charge < -0.3 is 14.4 Å². The summed E-state index contributed by atoms with van der Waals surface area (Å²) in [6, 6.07) is 22.8. The number of hydrogen-bond donors (Lipinski definition) is 0. The second-order valence-corrected chi connectivity index (χ2v) is 8.28. The van der Waals surface area contributed by atoms with Gasteiger partial charge in [0.15, 0.2) is 11.5 Å². The van der Waals surface area contributed by atoms with Crippen molar-refractivity contribution >= 4 is 17.5 Å². The number of rotatable bonds is 9. The maximum absolute atomic E-state index is 13.1. The third-order valence-electron chi connectivity index (χ3n) is 4.80. The summed E-state index contributed by atoms with van der Waals surface area (Å²) < 4.78 is 11.5. The highest BCUT2D eigenvalue weighted by atomic mass is 35.5. The molecule has 0 saturated carbocycles. The highest BCUT2D eigenvalue weighted by Crippen LogP contribution is 2.29. The van der Waals surface area contributed by atoms with Crippen molar-refractivity contribution in [3.05, 3.63) is 94.5 Å². The second-order valence-electron chi connectivity index (χ2n) is 7.85. The average molecular weight is 438 g/mol. The van der Waals surface area contributed by atoms with Crippen LogP contribution >= 0.6 is 11.6 Å². The third kappa shape index (κ3) is 6.50. The molecule has 0 unspecified atom stereocenters. The Kier molecular flexibility index (Phi) is 7.96. The van der Waals surface area contributed by atoms with Crippen LogP contribution in [0.25, 0.3) is 0 Å². The Labute approximate surface area is 189 Å². The van der Waals surface area contributed by atoms with Gasteiger partial charge >= 0.3 is 0 Å². The molecule has 1 amide bonds. The van der Waals surface area contributed by atoms with Gasteiger partial charge in [-0.1, -0.05) is 61.8 Å². The third-order valence-corrected chi connectivity index (χ3v) is 5.05. The van der Waals surface area contributed by atoms with Gasteiger partial charge in [-0.3, -0.25) is 4.79 Å². The molecule has 4 nitrogen and oxygen atoms in total. The van der Waals surface area contributed by atoms with Crippen molar-refractivity contribution in [1.82, 2.24) is 4.90 Å². The van der Waals surface area contributed by atoms with Crippen molar-refractivity contribution in [1.29, 1.82) is 0 Å². The summed E-state index contributed by atoms with van der Waals surface area (Å²) >= 11 is 5.97. The fourth-order valence-electron chi connectivity index (χ4n) is 3.32. The number of carbonyl (C=O) groups is 1. The first-order valence-corrected chi connectivity index (χ1v) is 10.7. The molecular weight excluding hydrogens is 410 g/mol. The van der Waals surface area contributed by atoms with Crippen LogP contribution in [0.3, 0.4) is 0 Å². The Balaban J connectivity index is 1.75. The smallest absolute Gasteiger partial charge is 0.254 e. The zero-order valence-corrected chi connectivity index (χ0v) is 18.9. The molecule has 0 aliphatic carbocycles. The van der Waals surface area contributed by atoms with Crippen molar-refractivity contribution < 1.29 is 14.3 Å². The van der Waals surface area contributed by atoms with E-state index in [1.807, 2.05) is 53.4 Å². The molecule has 0 aliphatic heterocycles. The molecule has 0 heterocycles. The van der Waals surface area contributed by atoms with E-state index >= 15 is 0 Å². The van der Waals surface area contributed by atoms with Crippen LogP contribution in [0.1, 0.15) is 35.3 Å². The van der Waals surface area contributed by atoms with Crippen molar-refractivity contribution in [3.8, 4) is 11.5 Å². The lowest BCUT2D eigenvalue weighted by Crippen LogP contribution is -2.33. The SMILES string of the molecule is COc1cc(CN(CC(C)C)C(=O)c2ccc(Cl)cc2)ccc1OCc1ccccc1. The van der Waals surface area contributed by atoms with E-state index in [-0.39, 0.29) is 5.91 Å². The molecule has 3 aromatic carbocycles. The molecule has 0 saturated heterocycles. The molecule has 0 fully saturated rings. The molecule has 0 spiro atoms. The topological polar surface area (TPSA) is 38.8 Å². The predicted octanol–water partition coefficient (Wildman–Crippen LogP) is 6.23. The standard InChI is InChI=1S/C26H28ClNO3/c1-19(2)16-28(26(29)22-10-12-23(27)13-11-22)17-21-9-14-24(25(15-21)30-3)31-18-20-7-5-4-6-8-20/h4-15,19H,16-18H2,1-3H3. The highest BCUT2D eigenvalue weighted by molar-refractivity contribution is 6.30. The normalized spacial score (nSPS) is 10.7. The minimum absolute atomic E-state index is 0.0197. The van der Waals surface area contributed by atoms with Crippen LogP contribution in [0.2, 0.25) is 5.02 Å². The second kappa shape index (κ2) is 10.9. The number of ether oxygens (including phenoxy) is 2. The summed E-state index contributed by atoms with van der Waals surface area (Å²) in [6.07, 6.45) is 0. The summed E-state index contributed by atoms with van der Waals surface area (Å²) in [4.78, 5) is 15.0. The van der Waals surface area contributed by atoms with Crippen LogP contribution in [-0.2, 0) is 13.2 Å². The van der Waals surface area contributed by atoms with Crippen molar-refractivity contribution in [2.24, 2.45) is 5.92 Å². The molecular formula is C26H28ClNO3. The molecule has 3 aromatic rings. The quantitative estimate of drug-likeness (QED) is 0.398. The van der Waals surface area contributed by atoms with Gasteiger partial charge in [-0.05, 0) is 53.4 Å². The molecule has 0 atom stereocenters. The summed E-state index contributed by atoms with van der Waals surface area (Å²) in [7, 11) is 1.62. The fourth-order valence-corrected chi connectivity index (χ4v) is 3.45. The first-order valence-electron chi connectivity index (χ1n) is 10.3. The highest BCUT2D eigenvalue weighted by Gasteiger charge is 2.18. The fraction of sp³-hybridized carbons (Fsp3) is 0.269. The summed E-state index contributed by atoms with van der Waals surface area (Å²) in [6.45, 7) is 5.79. The first kappa shape index (κ1) is 22.7. The van der Waals surface area contributed by atoms with E-state index in [0.717, 1.165) is 11.1 Å². The Morgan fingerprint density at radius 1 is 0.935 bits per heavy atom. The zero-order chi connectivity index (χ0) is 22.2. The zero-order valence-electron chi connectivity index (χ0n) is 18.2. The number of halogens is 1. The minimum Gasteiger partial charge on any atom is -0.493 e. The monoisotopic (exact) mass is 437 g/mol. The van der Waals surface area contributed by atoms with Gasteiger partial charge in [0.05, 0.1) is 7.11 Å². The molecule has 0 radical (unpaired) electrons. The molecule has 3 rings (SSSR count). The number of amides is 1. The summed E-state index contributed by atoms with van der Waals surface area (Å²) in [5.74, 6) is 1.65. The Hall–Kier alpha value is -2.98. The van der Waals surface area contributed by atoms with Crippen molar-refractivity contribution in [2.45, 2.75) is 27.0 Å². The van der Waals surface area contributed by atoms with Crippen LogP contribution in [0.15, 0.2) is 72.8 Å². The molecule has 31 heavy (non-hydrogen) atoms. The van der Waals surface area contributed by atoms with Gasteiger partial charge in [-0.25, -0.2) is 0 Å². The molecule has 5 heteroatoms. The van der Waals surface area contributed by atoms with Crippen LogP contribution in [-0.4, -0.2) is 24.5 Å². The lowest BCUT2D eigenvalue weighted by Gasteiger charge is -2.25. The van der Waals surface area contributed by atoms with Gasteiger partial charge in [0.2, 0.25) is 0 Å². The number of nitrogens with zero attached hydrogens (tertiary/aromatic N) is 1. The lowest BCUT2D eigenvalue weighted by atomic mass is 10.1. The van der Waals surface area contributed by atoms with Gasteiger partial charge in [-0.2, -0.15) is 0 Å². The maximum atomic E-state index is 13.1. The number of hydrogen-bond acceptors (Lipinski definition) is 3. The van der Waals surface area contributed by atoms with E-state index < -0.39 is 0 Å². The van der Waals surface area contributed by atoms with Crippen molar-refractivity contribution in [2.75, 3.05) is 13.7 Å². The summed E-state index contributed by atoms with van der Waals surface area (Å²) in [5, 5.41) is 0.614. The number of carbonyl (C=O) groups excluding carboxylic acids is 1. The van der Waals surface area contributed by atoms with Crippen LogP contribution < -0.4 is 9.47 Å². The van der Waals surface area contributed by atoms with Crippen molar-refractivity contribution in [3.63, 3.8) is 0 Å². The predicted molar refractivity (Wildman–Crippen MR) is 125 cm³/mol. The Bertz CT molecular complexity index is 987. The van der Waals surface area contributed by atoms with E-state index in [1.165, 1.54) is 0 Å². The number of benzene rings is 3. The number of methoxy groups -OCH3 is 1. The average Bonchev–Trinajstić information content (AvgIpc) is 2.78. The molecule has 162 valence electrons. The van der Waals surface area contributed by atoms with Crippen LogP contribution in [0, 0.1) is 5.92 Å². The van der Waals surface area contributed by atoms with Gasteiger partial charge in [0.1, 0.15) is 6.61 Å². The van der Waals surface area contributed by atoms with E-state index in [0.29, 0.717) is 47.7 Å². The minimum atomic E-state index is -0.0197. The Morgan fingerprint density at radius 3 is 2.29 bits per heavy atom. The van der Waals surface area contributed by atoms with E-state index in [2.05, 4.69) is 13.8 Å². The Morgan fingerprint density at radius 2 is 1.65 bits per heavy atom. The maximum Gasteiger partial charge on any atom is 0.254 e. The summed E-state index contributed by atoms with van der Waals surface area (Å²) in [5.41, 5.74) is 2.69. The van der Waals surface area contributed by atoms with E-state index in [4.69, 9.17) is 21.1 Å². The lowest BCUT2D eigenvalue weighted by molar-refractivity contribution is 0.0722. The van der Waals surface area contributed by atoms with E-state index in [1.54, 1.807) is 31.4 Å². The van der Waals surface area contributed by atoms with Crippen LogP contribution in [0.4, 0.5) is 0 Å². The largest absolute Gasteiger partial charge is 0.493 e.